The van der Waals surface area contributed by atoms with Gasteiger partial charge in [0.15, 0.2) is 0 Å². The van der Waals surface area contributed by atoms with Gasteiger partial charge in [0, 0.05) is 38.0 Å². The molecule has 0 amide bonds. The Labute approximate surface area is 105 Å². The minimum absolute atomic E-state index is 0.0444. The Morgan fingerprint density at radius 3 is 1.94 bits per heavy atom. The predicted molar refractivity (Wildman–Crippen MR) is 68.8 cm³/mol. The molecule has 3 N–H and O–H groups in total. The summed E-state index contributed by atoms with van der Waals surface area (Å²) < 4.78 is 5.40. The molecule has 0 aromatic carbocycles. The molecule has 100 valence electrons. The maximum atomic E-state index is 11.0. The summed E-state index contributed by atoms with van der Waals surface area (Å²) in [4.78, 5) is 0. The van der Waals surface area contributed by atoms with Crippen LogP contribution in [-0.4, -0.2) is 30.5 Å². The lowest BCUT2D eigenvalue weighted by Crippen LogP contribution is -2.55. The van der Waals surface area contributed by atoms with Crippen molar-refractivity contribution in [1.82, 2.24) is 0 Å². The monoisotopic (exact) mass is 241 g/mol. The van der Waals surface area contributed by atoms with Gasteiger partial charge in [-0.2, -0.15) is 0 Å². The minimum atomic E-state index is -0.572. The van der Waals surface area contributed by atoms with Crippen LogP contribution in [0.15, 0.2) is 0 Å². The van der Waals surface area contributed by atoms with Gasteiger partial charge in [-0.05, 0) is 12.8 Å². The molecule has 3 heteroatoms. The van der Waals surface area contributed by atoms with E-state index in [4.69, 9.17) is 10.5 Å². The Morgan fingerprint density at radius 1 is 0.882 bits per heavy atom. The fourth-order valence-corrected chi connectivity index (χ4v) is 3.68. The van der Waals surface area contributed by atoms with Crippen molar-refractivity contribution in [2.75, 3.05) is 19.8 Å². The van der Waals surface area contributed by atoms with E-state index in [1.54, 1.807) is 0 Å². The first kappa shape index (κ1) is 13.3. The van der Waals surface area contributed by atoms with Crippen molar-refractivity contribution in [3.63, 3.8) is 0 Å². The van der Waals surface area contributed by atoms with Crippen LogP contribution in [0.1, 0.15) is 57.8 Å². The predicted octanol–water partition coefficient (Wildman–Crippen LogP) is 2.22. The lowest BCUT2D eigenvalue weighted by molar-refractivity contribution is -0.149. The van der Waals surface area contributed by atoms with Crippen LogP contribution >= 0.6 is 0 Å². The summed E-state index contributed by atoms with van der Waals surface area (Å²) in [7, 11) is 0. The van der Waals surface area contributed by atoms with Crippen LogP contribution in [0.4, 0.5) is 0 Å². The van der Waals surface area contributed by atoms with Gasteiger partial charge in [-0.1, -0.05) is 32.1 Å². The van der Waals surface area contributed by atoms with Crippen molar-refractivity contribution in [1.29, 1.82) is 0 Å². The zero-order chi connectivity index (χ0) is 12.2. The van der Waals surface area contributed by atoms with Crippen molar-refractivity contribution in [2.45, 2.75) is 63.4 Å². The summed E-state index contributed by atoms with van der Waals surface area (Å²) in [6.45, 7) is 2.01. The van der Waals surface area contributed by atoms with E-state index in [0.717, 1.165) is 25.7 Å². The average molecular weight is 241 g/mol. The van der Waals surface area contributed by atoms with Gasteiger partial charge in [-0.25, -0.2) is 0 Å². The Hall–Kier alpha value is -0.120. The Morgan fingerprint density at radius 2 is 1.41 bits per heavy atom. The van der Waals surface area contributed by atoms with Crippen LogP contribution in [0, 0.1) is 5.41 Å². The highest BCUT2D eigenvalue weighted by molar-refractivity contribution is 5.01. The maximum absolute atomic E-state index is 11.0. The summed E-state index contributed by atoms with van der Waals surface area (Å²) in [5.41, 5.74) is 5.46. The van der Waals surface area contributed by atoms with Crippen LogP contribution in [0.2, 0.25) is 0 Å². The molecule has 0 atom stereocenters. The van der Waals surface area contributed by atoms with Crippen LogP contribution in [0.5, 0.6) is 0 Å². The number of hydrogen-bond acceptors (Lipinski definition) is 3. The molecular weight excluding hydrogens is 214 g/mol. The van der Waals surface area contributed by atoms with Gasteiger partial charge in [0.05, 0.1) is 5.60 Å². The first-order chi connectivity index (χ1) is 8.22. The van der Waals surface area contributed by atoms with Gasteiger partial charge in [0.1, 0.15) is 0 Å². The highest BCUT2D eigenvalue weighted by Crippen LogP contribution is 2.47. The van der Waals surface area contributed by atoms with Crippen molar-refractivity contribution < 1.29 is 9.84 Å². The van der Waals surface area contributed by atoms with Gasteiger partial charge < -0.3 is 15.6 Å². The molecule has 1 saturated heterocycles. The summed E-state index contributed by atoms with van der Waals surface area (Å²) in [6.07, 6.45) is 10.1. The SMILES string of the molecule is NCC1(C2(O)CCOCC2)CCCCCCC1. The summed E-state index contributed by atoms with van der Waals surface area (Å²) in [5, 5.41) is 11.0. The fraction of sp³-hybridized carbons (Fsp3) is 1.00. The van der Waals surface area contributed by atoms with E-state index < -0.39 is 5.60 Å². The first-order valence-electron chi connectivity index (χ1n) is 7.23. The van der Waals surface area contributed by atoms with E-state index >= 15 is 0 Å². The topological polar surface area (TPSA) is 55.5 Å². The van der Waals surface area contributed by atoms with E-state index in [0.29, 0.717) is 19.8 Å². The number of rotatable bonds is 2. The molecule has 1 aliphatic heterocycles. The molecule has 17 heavy (non-hydrogen) atoms. The van der Waals surface area contributed by atoms with Crippen molar-refractivity contribution in [3.8, 4) is 0 Å². The Kier molecular flexibility index (Phi) is 4.45. The molecule has 2 rings (SSSR count). The molecule has 0 spiro atoms. The summed E-state index contributed by atoms with van der Waals surface area (Å²) >= 11 is 0. The lowest BCUT2D eigenvalue weighted by Gasteiger charge is -2.50. The molecule has 0 bridgehead atoms. The third kappa shape index (κ3) is 2.67. The second-order valence-corrected chi connectivity index (χ2v) is 5.90. The van der Waals surface area contributed by atoms with Gasteiger partial charge >= 0.3 is 0 Å². The van der Waals surface area contributed by atoms with Gasteiger partial charge in [-0.15, -0.1) is 0 Å². The van der Waals surface area contributed by atoms with E-state index in [1.807, 2.05) is 0 Å². The van der Waals surface area contributed by atoms with Crippen molar-refractivity contribution in [2.24, 2.45) is 11.1 Å². The quantitative estimate of drug-likeness (QED) is 0.779. The zero-order valence-electron chi connectivity index (χ0n) is 10.9. The van der Waals surface area contributed by atoms with Gasteiger partial charge in [-0.3, -0.25) is 0 Å². The number of hydrogen-bond donors (Lipinski definition) is 2. The molecule has 2 aliphatic rings. The van der Waals surface area contributed by atoms with E-state index in [1.165, 1.54) is 32.1 Å². The van der Waals surface area contributed by atoms with Crippen molar-refractivity contribution in [3.05, 3.63) is 0 Å². The molecule has 0 radical (unpaired) electrons. The number of nitrogens with two attached hydrogens (primary N) is 1. The van der Waals surface area contributed by atoms with Crippen LogP contribution in [0.3, 0.4) is 0 Å². The summed E-state index contributed by atoms with van der Waals surface area (Å²) in [5.74, 6) is 0. The lowest BCUT2D eigenvalue weighted by atomic mass is 9.62. The van der Waals surface area contributed by atoms with E-state index in [-0.39, 0.29) is 5.41 Å². The number of aliphatic hydroxyl groups is 1. The maximum Gasteiger partial charge on any atom is 0.0759 e. The average Bonchev–Trinajstić information content (AvgIpc) is 2.30. The highest BCUT2D eigenvalue weighted by Gasteiger charge is 2.49. The molecule has 0 unspecified atom stereocenters. The second kappa shape index (κ2) is 5.68. The molecule has 2 fully saturated rings. The molecule has 1 heterocycles. The third-order valence-corrected chi connectivity index (χ3v) is 5.01. The molecule has 3 nitrogen and oxygen atoms in total. The van der Waals surface area contributed by atoms with Gasteiger partial charge in [0.2, 0.25) is 0 Å². The second-order valence-electron chi connectivity index (χ2n) is 5.90. The molecular formula is C14H27NO2. The zero-order valence-corrected chi connectivity index (χ0v) is 10.9. The molecule has 0 aromatic rings. The van der Waals surface area contributed by atoms with E-state index in [9.17, 15) is 5.11 Å². The summed E-state index contributed by atoms with van der Waals surface area (Å²) in [6, 6.07) is 0. The number of ether oxygens (including phenoxy) is 1. The normalized spacial score (nSPS) is 29.3. The van der Waals surface area contributed by atoms with Crippen LogP contribution in [0.25, 0.3) is 0 Å². The highest BCUT2D eigenvalue weighted by atomic mass is 16.5. The van der Waals surface area contributed by atoms with Crippen LogP contribution < -0.4 is 5.73 Å². The standard InChI is InChI=1S/C14H27NO2/c15-12-13(6-4-2-1-3-5-7-13)14(16)8-10-17-11-9-14/h16H,1-12,15H2. The molecule has 1 saturated carbocycles. The van der Waals surface area contributed by atoms with Gasteiger partial charge in [0.25, 0.3) is 0 Å². The van der Waals surface area contributed by atoms with E-state index in [2.05, 4.69) is 0 Å². The van der Waals surface area contributed by atoms with Crippen molar-refractivity contribution >= 4 is 0 Å². The first-order valence-corrected chi connectivity index (χ1v) is 7.23. The van der Waals surface area contributed by atoms with Crippen LogP contribution in [-0.2, 0) is 4.74 Å². The minimum Gasteiger partial charge on any atom is -0.389 e. The molecule has 0 aromatic heterocycles. The Bertz CT molecular complexity index is 228. The smallest absolute Gasteiger partial charge is 0.0759 e. The largest absolute Gasteiger partial charge is 0.389 e. The third-order valence-electron chi connectivity index (χ3n) is 5.01. The molecule has 1 aliphatic carbocycles. The fourth-order valence-electron chi connectivity index (χ4n) is 3.68. The Balaban J connectivity index is 2.14.